The molecule has 0 saturated carbocycles. The molecule has 0 spiro atoms. The number of hydrogen-bond acceptors (Lipinski definition) is 5. The third-order valence-electron chi connectivity index (χ3n) is 6.54. The van der Waals surface area contributed by atoms with Gasteiger partial charge in [-0.1, -0.05) is 0 Å². The van der Waals surface area contributed by atoms with E-state index >= 15 is 0 Å². The molecule has 4 heterocycles. The summed E-state index contributed by atoms with van der Waals surface area (Å²) in [5.74, 6) is 1.43. The summed E-state index contributed by atoms with van der Waals surface area (Å²) in [7, 11) is 0. The summed E-state index contributed by atoms with van der Waals surface area (Å²) in [5.41, 5.74) is 2.96. The highest BCUT2D eigenvalue weighted by atomic mass is 16.5. The number of H-pyrrole nitrogens is 1. The maximum atomic E-state index is 13.1. The number of nitrogens with zero attached hydrogens (tertiary/aromatic N) is 3. The minimum Gasteiger partial charge on any atom is -0.490 e. The summed E-state index contributed by atoms with van der Waals surface area (Å²) in [4.78, 5) is 48.6. The summed E-state index contributed by atoms with van der Waals surface area (Å²) in [5, 5.41) is 0. The molecule has 2 atom stereocenters. The molecule has 5 rings (SSSR count). The van der Waals surface area contributed by atoms with Crippen molar-refractivity contribution in [2.75, 3.05) is 19.6 Å². The molecule has 1 fully saturated rings. The number of carbonyl (C=O) groups excluding carboxylic acids is 2. The van der Waals surface area contributed by atoms with Gasteiger partial charge in [0, 0.05) is 50.0 Å². The fraction of sp³-hybridized carbons (Fsp3) is 0.478. The third-order valence-corrected chi connectivity index (χ3v) is 6.54. The molecule has 8 nitrogen and oxygen atoms in total. The Hall–Kier alpha value is -3.16. The van der Waals surface area contributed by atoms with Crippen LogP contribution in [0.3, 0.4) is 0 Å². The largest absolute Gasteiger partial charge is 0.490 e. The molecule has 2 unspecified atom stereocenters. The lowest BCUT2D eigenvalue weighted by atomic mass is 10.0. The molecule has 0 radical (unpaired) electrons. The lowest BCUT2D eigenvalue weighted by Gasteiger charge is -2.27. The monoisotopic (exact) mass is 422 g/mol. The van der Waals surface area contributed by atoms with Crippen LogP contribution in [0.1, 0.15) is 59.2 Å². The fourth-order valence-corrected chi connectivity index (χ4v) is 4.83. The Balaban J connectivity index is 1.33. The van der Waals surface area contributed by atoms with Crippen molar-refractivity contribution in [1.29, 1.82) is 0 Å². The number of fused-ring (bicyclic) bond motifs is 2. The smallest absolute Gasteiger partial charge is 0.254 e. The molecule has 3 aliphatic heterocycles. The van der Waals surface area contributed by atoms with Crippen LogP contribution in [0.25, 0.3) is 0 Å². The van der Waals surface area contributed by atoms with Crippen LogP contribution in [0, 0.1) is 0 Å². The number of likely N-dealkylation sites (tertiary alicyclic amines) is 1. The van der Waals surface area contributed by atoms with E-state index in [2.05, 4.69) is 4.98 Å². The Morgan fingerprint density at radius 3 is 2.87 bits per heavy atom. The molecular weight excluding hydrogens is 396 g/mol. The Kier molecular flexibility index (Phi) is 4.79. The average Bonchev–Trinajstić information content (AvgIpc) is 3.38. The van der Waals surface area contributed by atoms with Crippen molar-refractivity contribution in [2.45, 2.75) is 51.7 Å². The topological polar surface area (TPSA) is 95.6 Å². The van der Waals surface area contributed by atoms with Crippen LogP contribution in [0.5, 0.6) is 5.75 Å². The van der Waals surface area contributed by atoms with Crippen molar-refractivity contribution in [3.8, 4) is 5.75 Å². The fourth-order valence-electron chi connectivity index (χ4n) is 4.83. The van der Waals surface area contributed by atoms with Gasteiger partial charge in [-0.25, -0.2) is 4.98 Å². The van der Waals surface area contributed by atoms with Crippen LogP contribution in [0.4, 0.5) is 0 Å². The predicted molar refractivity (Wildman–Crippen MR) is 113 cm³/mol. The van der Waals surface area contributed by atoms with Gasteiger partial charge in [-0.2, -0.15) is 0 Å². The summed E-state index contributed by atoms with van der Waals surface area (Å²) < 4.78 is 5.73. The molecule has 1 N–H and O–H groups in total. The van der Waals surface area contributed by atoms with E-state index in [-0.39, 0.29) is 29.4 Å². The van der Waals surface area contributed by atoms with Gasteiger partial charge in [-0.05, 0) is 43.5 Å². The molecule has 3 aliphatic rings. The molecule has 2 aromatic rings. The van der Waals surface area contributed by atoms with Gasteiger partial charge in [0.1, 0.15) is 17.7 Å². The number of amides is 2. The lowest BCUT2D eigenvalue weighted by molar-refractivity contribution is -0.129. The molecule has 31 heavy (non-hydrogen) atoms. The molecular formula is C23H26N4O4. The molecule has 0 bridgehead atoms. The number of aromatic amines is 1. The number of benzene rings is 1. The minimum absolute atomic E-state index is 0.00656. The summed E-state index contributed by atoms with van der Waals surface area (Å²) in [6, 6.07) is 5.63. The van der Waals surface area contributed by atoms with Gasteiger partial charge >= 0.3 is 0 Å². The van der Waals surface area contributed by atoms with Gasteiger partial charge in [0.15, 0.2) is 0 Å². The summed E-state index contributed by atoms with van der Waals surface area (Å²) in [6.07, 6.45) is 2.22. The van der Waals surface area contributed by atoms with Gasteiger partial charge in [-0.15, -0.1) is 0 Å². The predicted octanol–water partition coefficient (Wildman–Crippen LogP) is 1.63. The quantitative estimate of drug-likeness (QED) is 0.794. The SMILES string of the molecule is CC(=O)N1CCc2c(nc(C3CCN(C(=O)c4ccc5c(c4)CC(C)O5)C3)[nH]c2=O)C1. The van der Waals surface area contributed by atoms with E-state index in [1.165, 1.54) is 6.92 Å². The van der Waals surface area contributed by atoms with E-state index in [0.717, 1.165) is 24.2 Å². The molecule has 1 saturated heterocycles. The first-order chi connectivity index (χ1) is 14.9. The van der Waals surface area contributed by atoms with Gasteiger partial charge in [0.25, 0.3) is 11.5 Å². The standard InChI is InChI=1S/C23H26N4O4/c1-13-9-17-10-15(3-4-20(17)31-13)23(30)27-7-5-16(11-27)21-24-19-12-26(14(2)28)8-6-18(19)22(29)25-21/h3-4,10,13,16H,5-9,11-12H2,1-2H3,(H,24,25,29). The highest BCUT2D eigenvalue weighted by Crippen LogP contribution is 2.31. The van der Waals surface area contributed by atoms with Gasteiger partial charge < -0.3 is 19.5 Å². The van der Waals surface area contributed by atoms with E-state index in [9.17, 15) is 14.4 Å². The van der Waals surface area contributed by atoms with E-state index in [0.29, 0.717) is 55.2 Å². The summed E-state index contributed by atoms with van der Waals surface area (Å²) >= 11 is 0. The average molecular weight is 422 g/mol. The lowest BCUT2D eigenvalue weighted by Crippen LogP contribution is -2.38. The third kappa shape index (κ3) is 3.60. The van der Waals surface area contributed by atoms with Gasteiger partial charge in [0.2, 0.25) is 5.91 Å². The van der Waals surface area contributed by atoms with Gasteiger partial charge in [-0.3, -0.25) is 14.4 Å². The Labute approximate surface area is 180 Å². The Morgan fingerprint density at radius 2 is 2.06 bits per heavy atom. The molecule has 0 aliphatic carbocycles. The number of aromatic nitrogens is 2. The Morgan fingerprint density at radius 1 is 1.23 bits per heavy atom. The highest BCUT2D eigenvalue weighted by Gasteiger charge is 2.32. The first kappa shape index (κ1) is 19.8. The number of carbonyl (C=O) groups is 2. The van der Waals surface area contributed by atoms with E-state index in [1.807, 2.05) is 30.0 Å². The molecule has 162 valence electrons. The number of rotatable bonds is 2. The second-order valence-corrected chi connectivity index (χ2v) is 8.76. The molecule has 1 aromatic carbocycles. The van der Waals surface area contributed by atoms with Crippen molar-refractivity contribution in [1.82, 2.24) is 19.8 Å². The first-order valence-corrected chi connectivity index (χ1v) is 10.9. The second kappa shape index (κ2) is 7.51. The maximum absolute atomic E-state index is 13.1. The van der Waals surface area contributed by atoms with Crippen molar-refractivity contribution in [3.63, 3.8) is 0 Å². The number of hydrogen-bond donors (Lipinski definition) is 1. The van der Waals surface area contributed by atoms with Crippen LogP contribution in [0.15, 0.2) is 23.0 Å². The molecule has 8 heteroatoms. The number of nitrogens with one attached hydrogen (secondary N) is 1. The van der Waals surface area contributed by atoms with Crippen LogP contribution >= 0.6 is 0 Å². The molecule has 2 amide bonds. The van der Waals surface area contributed by atoms with E-state index in [4.69, 9.17) is 9.72 Å². The van der Waals surface area contributed by atoms with Crippen molar-refractivity contribution >= 4 is 11.8 Å². The minimum atomic E-state index is -0.124. The zero-order valence-corrected chi connectivity index (χ0v) is 17.8. The second-order valence-electron chi connectivity index (χ2n) is 8.76. The van der Waals surface area contributed by atoms with Crippen molar-refractivity contribution in [2.24, 2.45) is 0 Å². The van der Waals surface area contributed by atoms with E-state index in [1.54, 1.807) is 4.90 Å². The zero-order valence-electron chi connectivity index (χ0n) is 17.8. The van der Waals surface area contributed by atoms with Gasteiger partial charge in [0.05, 0.1) is 12.2 Å². The van der Waals surface area contributed by atoms with E-state index < -0.39 is 0 Å². The zero-order chi connectivity index (χ0) is 21.7. The first-order valence-electron chi connectivity index (χ1n) is 10.9. The normalized spacial score (nSPS) is 22.1. The maximum Gasteiger partial charge on any atom is 0.254 e. The molecule has 1 aromatic heterocycles. The van der Waals surface area contributed by atoms with Crippen LogP contribution in [-0.4, -0.2) is 57.3 Å². The van der Waals surface area contributed by atoms with Crippen molar-refractivity contribution < 1.29 is 14.3 Å². The van der Waals surface area contributed by atoms with Crippen LogP contribution < -0.4 is 10.3 Å². The summed E-state index contributed by atoms with van der Waals surface area (Å²) in [6.45, 7) is 5.60. The van der Waals surface area contributed by atoms with Crippen LogP contribution in [0.2, 0.25) is 0 Å². The Bertz CT molecular complexity index is 1130. The van der Waals surface area contributed by atoms with Crippen LogP contribution in [-0.2, 0) is 24.2 Å². The number of ether oxygens (including phenoxy) is 1. The van der Waals surface area contributed by atoms with Crippen molar-refractivity contribution in [3.05, 3.63) is 56.8 Å². The highest BCUT2D eigenvalue weighted by molar-refractivity contribution is 5.95.